The van der Waals surface area contributed by atoms with Crippen LogP contribution in [0.15, 0.2) is 34.8 Å². The summed E-state index contributed by atoms with van der Waals surface area (Å²) in [6, 6.07) is 7.57. The molecule has 0 aliphatic carbocycles. The summed E-state index contributed by atoms with van der Waals surface area (Å²) < 4.78 is 7.91. The molecule has 3 heterocycles. The highest BCUT2D eigenvalue weighted by Gasteiger charge is 2.22. The number of nitrogens with one attached hydrogen (secondary N) is 1. The van der Waals surface area contributed by atoms with Crippen molar-refractivity contribution in [2.75, 3.05) is 17.7 Å². The molecule has 0 spiro atoms. The summed E-state index contributed by atoms with van der Waals surface area (Å²) in [4.78, 5) is 13.8. The van der Waals surface area contributed by atoms with Gasteiger partial charge in [0.1, 0.15) is 0 Å². The molecule has 158 valence electrons. The molecule has 30 heavy (non-hydrogen) atoms. The lowest BCUT2D eigenvalue weighted by Gasteiger charge is -2.14. The van der Waals surface area contributed by atoms with Crippen molar-refractivity contribution in [1.29, 1.82) is 0 Å². The number of thioether (sulfide) groups is 1. The molecule has 1 amide bonds. The summed E-state index contributed by atoms with van der Waals surface area (Å²) in [6.07, 6.45) is 2.25. The van der Waals surface area contributed by atoms with Crippen molar-refractivity contribution in [3.63, 3.8) is 0 Å². The van der Waals surface area contributed by atoms with Crippen LogP contribution in [0.4, 0.5) is 5.69 Å². The maximum atomic E-state index is 12.5. The maximum Gasteiger partial charge on any atom is 0.234 e. The number of benzene rings is 1. The van der Waals surface area contributed by atoms with Crippen LogP contribution in [0.2, 0.25) is 5.02 Å². The lowest BCUT2D eigenvalue weighted by atomic mass is 10.2. The molecule has 0 saturated carbocycles. The van der Waals surface area contributed by atoms with Gasteiger partial charge in [-0.05, 0) is 50.5 Å². The second kappa shape index (κ2) is 9.51. The van der Waals surface area contributed by atoms with Gasteiger partial charge >= 0.3 is 0 Å². The summed E-state index contributed by atoms with van der Waals surface area (Å²) in [5, 5.41) is 15.1. The first-order valence-electron chi connectivity index (χ1n) is 9.78. The second-order valence-electron chi connectivity index (χ2n) is 7.29. The number of halogens is 1. The first-order valence-corrected chi connectivity index (χ1v) is 12.0. The summed E-state index contributed by atoms with van der Waals surface area (Å²) in [5.41, 5.74) is 2.74. The number of hydrogen-bond acceptors (Lipinski definition) is 6. The zero-order valence-electron chi connectivity index (χ0n) is 16.9. The molecule has 1 aliphatic rings. The van der Waals surface area contributed by atoms with Crippen LogP contribution in [0.25, 0.3) is 11.4 Å². The van der Waals surface area contributed by atoms with Gasteiger partial charge in [0, 0.05) is 33.1 Å². The van der Waals surface area contributed by atoms with Gasteiger partial charge in [-0.1, -0.05) is 29.4 Å². The Morgan fingerprint density at radius 1 is 1.37 bits per heavy atom. The highest BCUT2D eigenvalue weighted by atomic mass is 35.5. The van der Waals surface area contributed by atoms with E-state index in [0.29, 0.717) is 11.6 Å². The Morgan fingerprint density at radius 2 is 2.23 bits per heavy atom. The van der Waals surface area contributed by atoms with Gasteiger partial charge in [0.05, 0.1) is 18.4 Å². The van der Waals surface area contributed by atoms with E-state index < -0.39 is 0 Å². The largest absolute Gasteiger partial charge is 0.376 e. The highest BCUT2D eigenvalue weighted by molar-refractivity contribution is 7.99. The predicted molar refractivity (Wildman–Crippen MR) is 123 cm³/mol. The molecular formula is C21H23ClN4O2S2. The van der Waals surface area contributed by atoms with Gasteiger partial charge in [0.2, 0.25) is 5.91 Å². The van der Waals surface area contributed by atoms with E-state index in [1.54, 1.807) is 17.4 Å². The molecule has 1 N–H and O–H groups in total. The smallest absolute Gasteiger partial charge is 0.234 e. The first-order chi connectivity index (χ1) is 14.5. The molecule has 2 aromatic heterocycles. The summed E-state index contributed by atoms with van der Waals surface area (Å²) in [6.45, 7) is 5.50. The molecule has 1 atom stereocenters. The molecule has 9 heteroatoms. The Kier molecular flexibility index (Phi) is 6.77. The summed E-state index contributed by atoms with van der Waals surface area (Å²) in [5.74, 6) is 0.951. The number of hydrogen-bond donors (Lipinski definition) is 1. The number of aryl methyl sites for hydroxylation is 2. The fourth-order valence-electron chi connectivity index (χ4n) is 3.37. The molecule has 6 nitrogen and oxygen atoms in total. The maximum absolute atomic E-state index is 12.5. The SMILES string of the molecule is Cc1cc(-c2nnc(SCC(=O)Nc3cc(Cl)ccc3C)n2CC2CCCO2)cs1. The summed E-state index contributed by atoms with van der Waals surface area (Å²) in [7, 11) is 0. The molecule has 1 aliphatic heterocycles. The minimum atomic E-state index is -0.107. The minimum Gasteiger partial charge on any atom is -0.376 e. The number of nitrogens with zero attached hydrogens (tertiary/aromatic N) is 3. The number of anilines is 1. The summed E-state index contributed by atoms with van der Waals surface area (Å²) >= 11 is 9.12. The molecule has 4 rings (SSSR count). The average molecular weight is 463 g/mol. The van der Waals surface area contributed by atoms with Crippen molar-refractivity contribution in [2.45, 2.75) is 44.5 Å². The van der Waals surface area contributed by atoms with Crippen LogP contribution in [-0.2, 0) is 16.1 Å². The van der Waals surface area contributed by atoms with Gasteiger partial charge in [-0.15, -0.1) is 21.5 Å². The monoisotopic (exact) mass is 462 g/mol. The van der Waals surface area contributed by atoms with E-state index in [0.717, 1.165) is 47.2 Å². The van der Waals surface area contributed by atoms with Gasteiger partial charge in [-0.3, -0.25) is 9.36 Å². The number of aromatic nitrogens is 3. The van der Waals surface area contributed by atoms with Crippen LogP contribution >= 0.6 is 34.7 Å². The highest BCUT2D eigenvalue weighted by Crippen LogP contribution is 2.29. The fourth-order valence-corrected chi connectivity index (χ4v) is 4.97. The number of rotatable bonds is 7. The van der Waals surface area contributed by atoms with Crippen LogP contribution < -0.4 is 5.32 Å². The molecule has 1 aromatic carbocycles. The van der Waals surface area contributed by atoms with Gasteiger partial charge < -0.3 is 10.1 Å². The standard InChI is InChI=1S/C21H23ClN4O2S2/c1-13-5-6-16(22)9-18(13)23-19(27)12-30-21-25-24-20(15-8-14(2)29-11-15)26(21)10-17-4-3-7-28-17/h5-6,8-9,11,17H,3-4,7,10,12H2,1-2H3,(H,23,27). The predicted octanol–water partition coefficient (Wildman–Crippen LogP) is 5.19. The molecule has 0 radical (unpaired) electrons. The van der Waals surface area contributed by atoms with Crippen LogP contribution in [0.5, 0.6) is 0 Å². The van der Waals surface area contributed by atoms with Gasteiger partial charge in [0.25, 0.3) is 0 Å². The van der Waals surface area contributed by atoms with Gasteiger partial charge in [-0.2, -0.15) is 0 Å². The number of ether oxygens (including phenoxy) is 1. The van der Waals surface area contributed by atoms with Crippen molar-refractivity contribution in [1.82, 2.24) is 14.8 Å². The third-order valence-corrected chi connectivity index (χ3v) is 6.99. The topological polar surface area (TPSA) is 69.0 Å². The molecular weight excluding hydrogens is 440 g/mol. The Morgan fingerprint density at radius 3 is 2.97 bits per heavy atom. The van der Waals surface area contributed by atoms with Crippen molar-refractivity contribution < 1.29 is 9.53 Å². The molecule has 3 aromatic rings. The molecule has 0 bridgehead atoms. The lowest BCUT2D eigenvalue weighted by molar-refractivity contribution is -0.113. The zero-order chi connectivity index (χ0) is 21.1. The normalized spacial score (nSPS) is 16.2. The van der Waals surface area contributed by atoms with E-state index in [9.17, 15) is 4.79 Å². The third kappa shape index (κ3) is 5.06. The van der Waals surface area contributed by atoms with Crippen LogP contribution in [-0.4, -0.2) is 39.1 Å². The molecule has 1 unspecified atom stereocenters. The van der Waals surface area contributed by atoms with E-state index >= 15 is 0 Å². The number of thiophene rings is 1. The first kappa shape index (κ1) is 21.4. The van der Waals surface area contributed by atoms with Crippen molar-refractivity contribution in [3.05, 3.63) is 45.1 Å². The quantitative estimate of drug-likeness (QED) is 0.489. The molecule has 1 saturated heterocycles. The number of carbonyl (C=O) groups excluding carboxylic acids is 1. The Bertz CT molecular complexity index is 1040. The van der Waals surface area contributed by atoms with E-state index in [4.69, 9.17) is 16.3 Å². The molecule has 1 fully saturated rings. The lowest BCUT2D eigenvalue weighted by Crippen LogP contribution is -2.18. The van der Waals surface area contributed by atoms with E-state index in [1.807, 2.05) is 19.1 Å². The van der Waals surface area contributed by atoms with Crippen LogP contribution in [0.1, 0.15) is 23.3 Å². The minimum absolute atomic E-state index is 0.107. The van der Waals surface area contributed by atoms with E-state index in [-0.39, 0.29) is 17.8 Å². The van der Waals surface area contributed by atoms with E-state index in [1.165, 1.54) is 16.6 Å². The van der Waals surface area contributed by atoms with Crippen molar-refractivity contribution >= 4 is 46.3 Å². The Labute approximate surface area is 189 Å². The van der Waals surface area contributed by atoms with Crippen molar-refractivity contribution in [2.24, 2.45) is 0 Å². The fraction of sp³-hybridized carbons (Fsp3) is 0.381. The zero-order valence-corrected chi connectivity index (χ0v) is 19.2. The third-order valence-electron chi connectivity index (χ3n) is 4.92. The Balaban J connectivity index is 1.49. The number of amides is 1. The van der Waals surface area contributed by atoms with Gasteiger partial charge in [0.15, 0.2) is 11.0 Å². The Hall–Kier alpha value is -1.87. The van der Waals surface area contributed by atoms with Crippen molar-refractivity contribution in [3.8, 4) is 11.4 Å². The number of carbonyl (C=O) groups is 1. The van der Waals surface area contributed by atoms with E-state index in [2.05, 4.69) is 38.5 Å². The van der Waals surface area contributed by atoms with Gasteiger partial charge in [-0.25, -0.2) is 0 Å². The average Bonchev–Trinajstić information content (AvgIpc) is 3.45. The van der Waals surface area contributed by atoms with Crippen LogP contribution in [0.3, 0.4) is 0 Å². The van der Waals surface area contributed by atoms with Crippen LogP contribution in [0, 0.1) is 13.8 Å². The second-order valence-corrected chi connectivity index (χ2v) is 9.79.